The third kappa shape index (κ3) is 14.6. The van der Waals surface area contributed by atoms with E-state index >= 15 is 0 Å². The maximum absolute atomic E-state index is 13.7. The van der Waals surface area contributed by atoms with Crippen LogP contribution in [0.4, 0.5) is 8.78 Å². The molecule has 0 amide bonds. The van der Waals surface area contributed by atoms with Gasteiger partial charge in [-0.1, -0.05) is 56.9 Å². The summed E-state index contributed by atoms with van der Waals surface area (Å²) in [6, 6.07) is 0. The van der Waals surface area contributed by atoms with E-state index in [0.717, 1.165) is 57.1 Å². The predicted molar refractivity (Wildman–Crippen MR) is 97.9 cm³/mol. The molecule has 0 saturated carbocycles. The molecule has 0 aromatic heterocycles. The van der Waals surface area contributed by atoms with Crippen molar-refractivity contribution in [3.63, 3.8) is 0 Å². The molecule has 3 nitrogen and oxygen atoms in total. The first-order valence-corrected chi connectivity index (χ1v) is 9.19. The van der Waals surface area contributed by atoms with Gasteiger partial charge in [-0.25, -0.2) is 0 Å². The number of carboxylic acid groups (broad SMARTS) is 1. The highest BCUT2D eigenvalue weighted by molar-refractivity contribution is 5.66. The highest BCUT2D eigenvalue weighted by Gasteiger charge is 2.33. The van der Waals surface area contributed by atoms with Crippen LogP contribution >= 0.6 is 0 Å². The standard InChI is InChI=1S/C20H32F2O3/c1-2-3-4-11-14-17-20(21,22)18(23)15-12-9-7-5-6-8-10-13-16-19(24)25/h7,9,12,14-15,17-18,23H,2-6,8,10-11,13,16H2,1H3,(H,24,25)/b9-7-,15-12+,17-14-/t18-/m1/s1. The fourth-order valence-electron chi connectivity index (χ4n) is 2.22. The Morgan fingerprint density at radius 3 is 2.32 bits per heavy atom. The van der Waals surface area contributed by atoms with Gasteiger partial charge in [0.1, 0.15) is 6.10 Å². The summed E-state index contributed by atoms with van der Waals surface area (Å²) in [5.74, 6) is -4.02. The molecule has 144 valence electrons. The Balaban J connectivity index is 3.91. The van der Waals surface area contributed by atoms with Gasteiger partial charge >= 0.3 is 5.97 Å². The maximum atomic E-state index is 13.7. The molecule has 0 aromatic rings. The van der Waals surface area contributed by atoms with Crippen molar-refractivity contribution in [2.45, 2.75) is 83.2 Å². The Bertz CT molecular complexity index is 429. The zero-order valence-electron chi connectivity index (χ0n) is 15.2. The molecule has 0 saturated heterocycles. The minimum absolute atomic E-state index is 0.206. The minimum Gasteiger partial charge on any atom is -0.481 e. The van der Waals surface area contributed by atoms with Crippen LogP contribution in [0, 0.1) is 0 Å². The molecule has 25 heavy (non-hydrogen) atoms. The summed E-state index contributed by atoms with van der Waals surface area (Å²) in [6.07, 6.45) is 14.5. The van der Waals surface area contributed by atoms with Crippen molar-refractivity contribution < 1.29 is 23.8 Å². The molecule has 0 aliphatic rings. The van der Waals surface area contributed by atoms with Crippen LogP contribution in [0.25, 0.3) is 0 Å². The first-order valence-electron chi connectivity index (χ1n) is 9.19. The van der Waals surface area contributed by atoms with Gasteiger partial charge in [0, 0.05) is 6.42 Å². The van der Waals surface area contributed by atoms with Gasteiger partial charge < -0.3 is 10.2 Å². The Morgan fingerprint density at radius 2 is 1.64 bits per heavy atom. The van der Waals surface area contributed by atoms with Crippen LogP contribution in [0.1, 0.15) is 71.1 Å². The van der Waals surface area contributed by atoms with Gasteiger partial charge in [-0.05, 0) is 44.3 Å². The summed E-state index contributed by atoms with van der Waals surface area (Å²) in [5.41, 5.74) is 0. The zero-order valence-corrected chi connectivity index (χ0v) is 15.2. The molecule has 0 spiro atoms. The van der Waals surface area contributed by atoms with E-state index in [-0.39, 0.29) is 6.42 Å². The highest BCUT2D eigenvalue weighted by atomic mass is 19.3. The predicted octanol–water partition coefficient (Wildman–Crippen LogP) is 5.66. The van der Waals surface area contributed by atoms with Gasteiger partial charge in [0.2, 0.25) is 0 Å². The molecule has 2 N–H and O–H groups in total. The fourth-order valence-corrected chi connectivity index (χ4v) is 2.22. The Morgan fingerprint density at radius 1 is 1.00 bits per heavy atom. The van der Waals surface area contributed by atoms with Gasteiger partial charge in [0.05, 0.1) is 0 Å². The summed E-state index contributed by atoms with van der Waals surface area (Å²) in [7, 11) is 0. The molecular weight excluding hydrogens is 326 g/mol. The largest absolute Gasteiger partial charge is 0.481 e. The SMILES string of the molecule is CCCCC/C=C\C(F)(F)[C@H](O)/C=C/C=C\CCCCCCC(=O)O. The molecular formula is C20H32F2O3. The lowest BCUT2D eigenvalue weighted by atomic mass is 10.1. The van der Waals surface area contributed by atoms with Crippen LogP contribution < -0.4 is 0 Å². The van der Waals surface area contributed by atoms with E-state index in [0.29, 0.717) is 12.8 Å². The molecule has 5 heteroatoms. The van der Waals surface area contributed by atoms with E-state index in [1.54, 1.807) is 6.08 Å². The Kier molecular flexibility index (Phi) is 13.9. The number of halogens is 2. The van der Waals surface area contributed by atoms with Crippen LogP contribution in [-0.4, -0.2) is 28.2 Å². The average Bonchev–Trinajstić information content (AvgIpc) is 2.55. The molecule has 0 unspecified atom stereocenters. The van der Waals surface area contributed by atoms with Crippen LogP contribution in [0.2, 0.25) is 0 Å². The summed E-state index contributed by atoms with van der Waals surface area (Å²) in [4.78, 5) is 10.3. The van der Waals surface area contributed by atoms with Crippen LogP contribution in [-0.2, 0) is 4.79 Å². The quantitative estimate of drug-likeness (QED) is 0.226. The Hall–Kier alpha value is -1.49. The molecule has 0 fully saturated rings. The zero-order chi connectivity index (χ0) is 19.0. The molecule has 0 aromatic carbocycles. The number of carboxylic acids is 1. The lowest BCUT2D eigenvalue weighted by molar-refractivity contribution is -0.137. The highest BCUT2D eigenvalue weighted by Crippen LogP contribution is 2.22. The van der Waals surface area contributed by atoms with Crippen molar-refractivity contribution in [3.05, 3.63) is 36.5 Å². The molecule has 0 radical (unpaired) electrons. The van der Waals surface area contributed by atoms with E-state index < -0.39 is 18.0 Å². The fraction of sp³-hybridized carbons (Fsp3) is 0.650. The number of hydrogen-bond acceptors (Lipinski definition) is 2. The minimum atomic E-state index is -3.25. The topological polar surface area (TPSA) is 57.5 Å². The van der Waals surface area contributed by atoms with Crippen molar-refractivity contribution in [1.82, 2.24) is 0 Å². The molecule has 1 atom stereocenters. The summed E-state index contributed by atoms with van der Waals surface area (Å²) in [6.45, 7) is 2.06. The normalized spacial score (nSPS) is 14.1. The lowest BCUT2D eigenvalue weighted by Crippen LogP contribution is -2.29. The van der Waals surface area contributed by atoms with Gasteiger partial charge in [0.25, 0.3) is 5.92 Å². The number of carbonyl (C=O) groups is 1. The van der Waals surface area contributed by atoms with E-state index in [9.17, 15) is 18.7 Å². The molecule has 0 rings (SSSR count). The third-order valence-electron chi connectivity index (χ3n) is 3.76. The molecule has 0 heterocycles. The number of aliphatic carboxylic acids is 1. The number of hydrogen-bond donors (Lipinski definition) is 2. The van der Waals surface area contributed by atoms with Crippen molar-refractivity contribution >= 4 is 5.97 Å². The number of allylic oxidation sites excluding steroid dienone is 4. The van der Waals surface area contributed by atoms with E-state index in [1.807, 2.05) is 6.08 Å². The van der Waals surface area contributed by atoms with Gasteiger partial charge in [0.15, 0.2) is 0 Å². The smallest absolute Gasteiger partial charge is 0.303 e. The second kappa shape index (κ2) is 14.8. The second-order valence-electron chi connectivity index (χ2n) is 6.18. The van der Waals surface area contributed by atoms with Crippen LogP contribution in [0.3, 0.4) is 0 Å². The monoisotopic (exact) mass is 358 g/mol. The van der Waals surface area contributed by atoms with Crippen molar-refractivity contribution in [2.75, 3.05) is 0 Å². The van der Waals surface area contributed by atoms with Crippen LogP contribution in [0.15, 0.2) is 36.5 Å². The molecule has 0 bridgehead atoms. The van der Waals surface area contributed by atoms with Crippen LogP contribution in [0.5, 0.6) is 0 Å². The number of unbranched alkanes of at least 4 members (excludes halogenated alkanes) is 7. The first kappa shape index (κ1) is 23.5. The lowest BCUT2D eigenvalue weighted by Gasteiger charge is -2.15. The number of alkyl halides is 2. The second-order valence-corrected chi connectivity index (χ2v) is 6.18. The summed E-state index contributed by atoms with van der Waals surface area (Å²) < 4.78 is 27.4. The van der Waals surface area contributed by atoms with Crippen molar-refractivity contribution in [2.24, 2.45) is 0 Å². The van der Waals surface area contributed by atoms with Crippen molar-refractivity contribution in [3.8, 4) is 0 Å². The Labute approximate surface area is 150 Å². The molecule has 0 aliphatic heterocycles. The summed E-state index contributed by atoms with van der Waals surface area (Å²) >= 11 is 0. The average molecular weight is 358 g/mol. The van der Waals surface area contributed by atoms with E-state index in [2.05, 4.69) is 6.92 Å². The van der Waals surface area contributed by atoms with Gasteiger partial charge in [-0.3, -0.25) is 4.79 Å². The van der Waals surface area contributed by atoms with E-state index in [4.69, 9.17) is 5.11 Å². The number of aliphatic hydroxyl groups is 1. The van der Waals surface area contributed by atoms with E-state index in [1.165, 1.54) is 12.2 Å². The number of rotatable bonds is 15. The maximum Gasteiger partial charge on any atom is 0.303 e. The first-order chi connectivity index (χ1) is 11.9. The number of aliphatic hydroxyl groups excluding tert-OH is 1. The van der Waals surface area contributed by atoms with Gasteiger partial charge in [-0.2, -0.15) is 8.78 Å². The summed E-state index contributed by atoms with van der Waals surface area (Å²) in [5, 5.41) is 18.1. The van der Waals surface area contributed by atoms with Gasteiger partial charge in [-0.15, -0.1) is 0 Å². The molecule has 0 aliphatic carbocycles. The third-order valence-corrected chi connectivity index (χ3v) is 3.76. The van der Waals surface area contributed by atoms with Crippen molar-refractivity contribution in [1.29, 1.82) is 0 Å².